The van der Waals surface area contributed by atoms with Crippen LogP contribution >= 0.6 is 0 Å². The first-order chi connectivity index (χ1) is 11.2. The van der Waals surface area contributed by atoms with E-state index < -0.39 is 0 Å². The quantitative estimate of drug-likeness (QED) is 0.912. The highest BCUT2D eigenvalue weighted by Crippen LogP contribution is 2.32. The summed E-state index contributed by atoms with van der Waals surface area (Å²) in [4.78, 5) is 32.3. The first kappa shape index (κ1) is 15.4. The van der Waals surface area contributed by atoms with Crippen molar-refractivity contribution in [1.29, 1.82) is 0 Å². The van der Waals surface area contributed by atoms with Crippen molar-refractivity contribution >= 4 is 5.91 Å². The fourth-order valence-electron chi connectivity index (χ4n) is 2.95. The van der Waals surface area contributed by atoms with E-state index in [4.69, 9.17) is 0 Å². The molecule has 1 fully saturated rings. The number of carbonyl (C=O) groups excluding carboxylic acids is 1. The lowest BCUT2D eigenvalue weighted by Crippen LogP contribution is -2.31. The van der Waals surface area contributed by atoms with Gasteiger partial charge in [-0.25, -0.2) is 4.98 Å². The van der Waals surface area contributed by atoms with Gasteiger partial charge in [0, 0.05) is 43.0 Å². The number of pyridine rings is 1. The van der Waals surface area contributed by atoms with E-state index in [1.165, 1.54) is 17.4 Å². The van der Waals surface area contributed by atoms with E-state index in [0.717, 1.165) is 18.5 Å². The molecule has 0 atom stereocenters. The molecule has 2 heterocycles. The maximum atomic E-state index is 12.1. The predicted molar refractivity (Wildman–Crippen MR) is 86.3 cm³/mol. The fraction of sp³-hybridized carbons (Fsp3) is 0.412. The second-order valence-corrected chi connectivity index (χ2v) is 5.82. The van der Waals surface area contributed by atoms with Crippen LogP contribution in [0.4, 0.5) is 0 Å². The number of aromatic nitrogens is 3. The number of carbonyl (C=O) groups is 1. The molecule has 0 saturated heterocycles. The molecule has 6 nitrogen and oxygen atoms in total. The Kier molecular flexibility index (Phi) is 4.80. The first-order valence-electron chi connectivity index (χ1n) is 7.98. The van der Waals surface area contributed by atoms with Gasteiger partial charge in [-0.3, -0.25) is 19.1 Å². The van der Waals surface area contributed by atoms with Crippen molar-refractivity contribution in [3.8, 4) is 0 Å². The lowest BCUT2D eigenvalue weighted by molar-refractivity contribution is 0.0952. The number of nitrogens with zero attached hydrogens (tertiary/aromatic N) is 3. The van der Waals surface area contributed by atoms with Crippen LogP contribution in [0.3, 0.4) is 0 Å². The van der Waals surface area contributed by atoms with Crippen LogP contribution in [0.5, 0.6) is 0 Å². The van der Waals surface area contributed by atoms with Gasteiger partial charge in [-0.1, -0.05) is 12.8 Å². The Morgan fingerprint density at radius 3 is 2.70 bits per heavy atom. The second-order valence-electron chi connectivity index (χ2n) is 5.82. The molecule has 120 valence electrons. The lowest BCUT2D eigenvalue weighted by Gasteiger charge is -2.11. The van der Waals surface area contributed by atoms with Crippen LogP contribution in [0.2, 0.25) is 0 Å². The third-order valence-electron chi connectivity index (χ3n) is 4.25. The topological polar surface area (TPSA) is 76.9 Å². The summed E-state index contributed by atoms with van der Waals surface area (Å²) in [5, 5.41) is 2.79. The Bertz CT molecular complexity index is 721. The first-order valence-corrected chi connectivity index (χ1v) is 7.98. The Hall–Kier alpha value is -2.50. The fourth-order valence-corrected chi connectivity index (χ4v) is 2.95. The van der Waals surface area contributed by atoms with Gasteiger partial charge in [0.05, 0.1) is 12.0 Å². The minimum atomic E-state index is -0.170. The van der Waals surface area contributed by atoms with Crippen molar-refractivity contribution in [2.45, 2.75) is 38.1 Å². The molecule has 1 aliphatic rings. The molecule has 23 heavy (non-hydrogen) atoms. The SMILES string of the molecule is O=C(NCCn1cnc(C2CCCC2)cc1=O)c1ccncc1. The monoisotopic (exact) mass is 312 g/mol. The van der Waals surface area contributed by atoms with Gasteiger partial charge >= 0.3 is 0 Å². The van der Waals surface area contributed by atoms with Crippen LogP contribution in [0.1, 0.15) is 47.7 Å². The molecule has 1 saturated carbocycles. The molecular weight excluding hydrogens is 292 g/mol. The van der Waals surface area contributed by atoms with Gasteiger partial charge in [-0.15, -0.1) is 0 Å². The van der Waals surface area contributed by atoms with Crippen molar-refractivity contribution in [1.82, 2.24) is 19.9 Å². The van der Waals surface area contributed by atoms with Crippen molar-refractivity contribution in [3.05, 3.63) is 58.5 Å². The van der Waals surface area contributed by atoms with Gasteiger partial charge in [0.1, 0.15) is 0 Å². The van der Waals surface area contributed by atoms with Crippen LogP contribution in [-0.4, -0.2) is 27.0 Å². The third-order valence-corrected chi connectivity index (χ3v) is 4.25. The van der Waals surface area contributed by atoms with Crippen LogP contribution in [-0.2, 0) is 6.54 Å². The second kappa shape index (κ2) is 7.17. The molecule has 1 amide bonds. The summed E-state index contributed by atoms with van der Waals surface area (Å²) >= 11 is 0. The third kappa shape index (κ3) is 3.83. The molecule has 2 aromatic rings. The highest BCUT2D eigenvalue weighted by molar-refractivity contribution is 5.93. The average molecular weight is 312 g/mol. The lowest BCUT2D eigenvalue weighted by atomic mass is 10.0. The van der Waals surface area contributed by atoms with Gasteiger partial charge in [0.25, 0.3) is 11.5 Å². The summed E-state index contributed by atoms with van der Waals surface area (Å²) in [6.45, 7) is 0.791. The van der Waals surface area contributed by atoms with Crippen LogP contribution in [0.25, 0.3) is 0 Å². The van der Waals surface area contributed by atoms with E-state index in [1.807, 2.05) is 0 Å². The molecule has 0 aliphatic heterocycles. The highest BCUT2D eigenvalue weighted by Gasteiger charge is 2.18. The van der Waals surface area contributed by atoms with E-state index in [2.05, 4.69) is 15.3 Å². The molecule has 0 aromatic carbocycles. The molecule has 0 unspecified atom stereocenters. The van der Waals surface area contributed by atoms with Gasteiger partial charge in [-0.05, 0) is 25.0 Å². The zero-order valence-electron chi connectivity index (χ0n) is 12.9. The minimum absolute atomic E-state index is 0.0555. The van der Waals surface area contributed by atoms with Gasteiger partial charge in [0.2, 0.25) is 0 Å². The summed E-state index contributed by atoms with van der Waals surface area (Å²) in [5.41, 5.74) is 1.41. The van der Waals surface area contributed by atoms with Crippen molar-refractivity contribution < 1.29 is 4.79 Å². The maximum absolute atomic E-state index is 12.1. The van der Waals surface area contributed by atoms with E-state index in [-0.39, 0.29) is 11.5 Å². The van der Waals surface area contributed by atoms with Crippen LogP contribution in [0.15, 0.2) is 41.7 Å². The molecule has 3 rings (SSSR count). The largest absolute Gasteiger partial charge is 0.350 e. The Labute approximate surface area is 134 Å². The molecule has 6 heteroatoms. The zero-order valence-corrected chi connectivity index (χ0v) is 12.9. The van der Waals surface area contributed by atoms with Crippen LogP contribution in [0, 0.1) is 0 Å². The van der Waals surface area contributed by atoms with Crippen LogP contribution < -0.4 is 10.9 Å². The zero-order chi connectivity index (χ0) is 16.1. The minimum Gasteiger partial charge on any atom is -0.350 e. The summed E-state index contributed by atoms with van der Waals surface area (Å²) in [7, 11) is 0. The standard InChI is InChI=1S/C17H20N4O2/c22-16-11-15(13-3-1-2-4-13)20-12-21(16)10-9-19-17(23)14-5-7-18-8-6-14/h5-8,11-13H,1-4,9-10H2,(H,19,23). The van der Waals surface area contributed by atoms with E-state index >= 15 is 0 Å². The van der Waals surface area contributed by atoms with Gasteiger partial charge < -0.3 is 5.32 Å². The Morgan fingerprint density at radius 1 is 1.26 bits per heavy atom. The number of hydrogen-bond acceptors (Lipinski definition) is 4. The van der Waals surface area contributed by atoms with Gasteiger partial charge in [-0.2, -0.15) is 0 Å². The predicted octanol–water partition coefficient (Wildman–Crippen LogP) is 1.73. The molecule has 1 N–H and O–H groups in total. The summed E-state index contributed by atoms with van der Waals surface area (Å²) in [6.07, 6.45) is 9.43. The van der Waals surface area contributed by atoms with Gasteiger partial charge in [0.15, 0.2) is 0 Å². The number of hydrogen-bond donors (Lipinski definition) is 1. The smallest absolute Gasteiger partial charge is 0.253 e. The summed E-state index contributed by atoms with van der Waals surface area (Å²) in [6, 6.07) is 4.94. The number of nitrogens with one attached hydrogen (secondary N) is 1. The molecule has 0 radical (unpaired) electrons. The number of rotatable bonds is 5. The van der Waals surface area contributed by atoms with Crippen molar-refractivity contribution in [2.75, 3.05) is 6.54 Å². The summed E-state index contributed by atoms with van der Waals surface area (Å²) < 4.78 is 1.53. The molecule has 0 spiro atoms. The summed E-state index contributed by atoms with van der Waals surface area (Å²) in [5.74, 6) is 0.264. The van der Waals surface area contributed by atoms with Crippen molar-refractivity contribution in [2.24, 2.45) is 0 Å². The normalized spacial score (nSPS) is 14.8. The molecule has 2 aromatic heterocycles. The van der Waals surface area contributed by atoms with Crippen molar-refractivity contribution in [3.63, 3.8) is 0 Å². The maximum Gasteiger partial charge on any atom is 0.253 e. The number of amides is 1. The molecule has 1 aliphatic carbocycles. The Balaban J connectivity index is 1.56. The Morgan fingerprint density at radius 2 is 2.00 bits per heavy atom. The molecule has 0 bridgehead atoms. The average Bonchev–Trinajstić information content (AvgIpc) is 3.11. The molecular formula is C17H20N4O2. The highest BCUT2D eigenvalue weighted by atomic mass is 16.1. The van der Waals surface area contributed by atoms with E-state index in [1.54, 1.807) is 36.9 Å². The van der Waals surface area contributed by atoms with E-state index in [0.29, 0.717) is 24.6 Å². The van der Waals surface area contributed by atoms with E-state index in [9.17, 15) is 9.59 Å².